The molecule has 0 radical (unpaired) electrons. The van der Waals surface area contributed by atoms with E-state index in [1.807, 2.05) is 0 Å². The summed E-state index contributed by atoms with van der Waals surface area (Å²) in [5, 5.41) is 22.8. The van der Waals surface area contributed by atoms with E-state index < -0.39 is 49.2 Å². The number of likely N-dealkylation sites (N-methyl/N-ethyl adjacent to an activating group) is 1. The summed E-state index contributed by atoms with van der Waals surface area (Å²) in [6.45, 7) is 4.78. The summed E-state index contributed by atoms with van der Waals surface area (Å²) in [5.74, 6) is -1.46. The van der Waals surface area contributed by atoms with Crippen LogP contribution in [0.2, 0.25) is 0 Å². The molecule has 156 valence electrons. The van der Waals surface area contributed by atoms with Crippen LogP contribution >= 0.6 is 0 Å². The highest BCUT2D eigenvalue weighted by Crippen LogP contribution is 2.27. The van der Waals surface area contributed by atoms with Crippen molar-refractivity contribution < 1.29 is 32.8 Å². The maximum atomic E-state index is 12.7. The molecule has 28 heavy (non-hydrogen) atoms. The molecule has 0 saturated carbocycles. The summed E-state index contributed by atoms with van der Waals surface area (Å²) in [5.41, 5.74) is -1.41. The third-order valence-electron chi connectivity index (χ3n) is 3.53. The summed E-state index contributed by atoms with van der Waals surface area (Å²) in [6.07, 6.45) is -1.05. The number of alkyl carbamates (subject to hydrolysis) is 1. The van der Waals surface area contributed by atoms with Crippen molar-refractivity contribution in [1.29, 1.82) is 0 Å². The van der Waals surface area contributed by atoms with Gasteiger partial charge in [-0.05, 0) is 33.3 Å². The Morgan fingerprint density at radius 1 is 1.32 bits per heavy atom. The molecule has 1 aromatic carbocycles. The zero-order valence-electron chi connectivity index (χ0n) is 15.9. The van der Waals surface area contributed by atoms with Gasteiger partial charge >= 0.3 is 12.1 Å². The number of hydrogen-bond acceptors (Lipinski definition) is 7. The van der Waals surface area contributed by atoms with Crippen LogP contribution in [0.4, 0.5) is 10.5 Å². The number of para-hydroxylation sites is 1. The second kappa shape index (κ2) is 8.97. The summed E-state index contributed by atoms with van der Waals surface area (Å²) >= 11 is 0. The predicted octanol–water partition coefficient (Wildman–Crippen LogP) is 1.58. The largest absolute Gasteiger partial charge is 0.480 e. The number of carbonyl (C=O) groups is 2. The van der Waals surface area contributed by atoms with Gasteiger partial charge in [-0.15, -0.1) is 0 Å². The molecule has 0 aromatic heterocycles. The normalized spacial score (nSPS) is 13.0. The Balaban J connectivity index is 2.98. The first-order valence-corrected chi connectivity index (χ1v) is 9.62. The Morgan fingerprint density at radius 2 is 1.89 bits per heavy atom. The van der Waals surface area contributed by atoms with Gasteiger partial charge < -0.3 is 15.2 Å². The van der Waals surface area contributed by atoms with Crippen LogP contribution in [0.1, 0.15) is 27.2 Å². The number of benzene rings is 1. The van der Waals surface area contributed by atoms with Gasteiger partial charge in [0.1, 0.15) is 11.6 Å². The Hall–Kier alpha value is -2.73. The second-order valence-electron chi connectivity index (χ2n) is 6.82. The highest BCUT2D eigenvalue weighted by atomic mass is 32.2. The molecule has 1 rings (SSSR count). The number of carbonyl (C=O) groups excluding carboxylic acids is 1. The lowest BCUT2D eigenvalue weighted by molar-refractivity contribution is -0.387. The standard InChI is InChI=1S/C16H23N3O8S/c1-16(2,3)27-15(22)17-10-9-12(14(20)21)18(4)28(25,26)13-8-6-5-7-11(13)19(23)24/h5-8,12H,9-10H2,1-4H3,(H,17,22)(H,20,21). The number of carboxylic acid groups (broad SMARTS) is 1. The molecular weight excluding hydrogens is 394 g/mol. The van der Waals surface area contributed by atoms with Crippen molar-refractivity contribution in [2.75, 3.05) is 13.6 Å². The second-order valence-corrected chi connectivity index (χ2v) is 8.78. The molecule has 0 aliphatic carbocycles. The zero-order valence-corrected chi connectivity index (χ0v) is 16.7. The Bertz CT molecular complexity index is 848. The molecule has 0 spiro atoms. The van der Waals surface area contributed by atoms with Crippen LogP contribution in [-0.4, -0.2) is 60.1 Å². The zero-order chi connectivity index (χ0) is 21.7. The van der Waals surface area contributed by atoms with Gasteiger partial charge in [0.05, 0.1) is 4.92 Å². The average Bonchev–Trinajstić information content (AvgIpc) is 2.56. The van der Waals surface area contributed by atoms with E-state index in [-0.39, 0.29) is 13.0 Å². The van der Waals surface area contributed by atoms with Crippen LogP contribution in [0.3, 0.4) is 0 Å². The van der Waals surface area contributed by atoms with Crippen molar-refractivity contribution >= 4 is 27.8 Å². The summed E-state index contributed by atoms with van der Waals surface area (Å²) in [4.78, 5) is 32.8. The summed E-state index contributed by atoms with van der Waals surface area (Å²) in [7, 11) is -3.46. The maximum Gasteiger partial charge on any atom is 0.407 e. The number of nitro benzene ring substituents is 1. The smallest absolute Gasteiger partial charge is 0.407 e. The number of rotatable bonds is 8. The number of nitrogens with one attached hydrogen (secondary N) is 1. The van der Waals surface area contributed by atoms with Gasteiger partial charge in [0.25, 0.3) is 5.69 Å². The van der Waals surface area contributed by atoms with Crippen molar-refractivity contribution in [3.63, 3.8) is 0 Å². The molecule has 1 aromatic rings. The first-order valence-electron chi connectivity index (χ1n) is 8.18. The van der Waals surface area contributed by atoms with Gasteiger partial charge in [0.2, 0.25) is 10.0 Å². The SMILES string of the molecule is CN(C(CCNC(=O)OC(C)(C)C)C(=O)O)S(=O)(=O)c1ccccc1[N+](=O)[O-]. The third kappa shape index (κ3) is 6.16. The molecule has 11 nitrogen and oxygen atoms in total. The predicted molar refractivity (Wildman–Crippen MR) is 98.3 cm³/mol. The summed E-state index contributed by atoms with van der Waals surface area (Å²) < 4.78 is 31.0. The molecular formula is C16H23N3O8S. The Morgan fingerprint density at radius 3 is 2.39 bits per heavy atom. The molecule has 1 amide bonds. The van der Waals surface area contributed by atoms with Crippen LogP contribution in [-0.2, 0) is 19.6 Å². The van der Waals surface area contributed by atoms with Crippen molar-refractivity contribution in [3.8, 4) is 0 Å². The number of carboxylic acids is 1. The molecule has 0 aliphatic heterocycles. The van der Waals surface area contributed by atoms with Crippen LogP contribution in [0.15, 0.2) is 29.2 Å². The quantitative estimate of drug-likeness (QED) is 0.477. The van der Waals surface area contributed by atoms with Crippen LogP contribution in [0, 0.1) is 10.1 Å². The van der Waals surface area contributed by atoms with Gasteiger partial charge in [-0.25, -0.2) is 13.2 Å². The highest BCUT2D eigenvalue weighted by Gasteiger charge is 2.36. The van der Waals surface area contributed by atoms with Gasteiger partial charge in [-0.2, -0.15) is 4.31 Å². The van der Waals surface area contributed by atoms with Crippen molar-refractivity contribution in [2.24, 2.45) is 0 Å². The topological polar surface area (TPSA) is 156 Å². The lowest BCUT2D eigenvalue weighted by Crippen LogP contribution is -2.44. The number of aliphatic carboxylic acids is 1. The fourth-order valence-electron chi connectivity index (χ4n) is 2.23. The third-order valence-corrected chi connectivity index (χ3v) is 5.44. The minimum absolute atomic E-state index is 0.178. The maximum absolute atomic E-state index is 12.7. The molecule has 0 bridgehead atoms. The summed E-state index contributed by atoms with van der Waals surface area (Å²) in [6, 6.07) is 3.09. The number of nitro groups is 1. The van der Waals surface area contributed by atoms with E-state index in [1.54, 1.807) is 20.8 Å². The molecule has 0 fully saturated rings. The molecule has 0 saturated heterocycles. The van der Waals surface area contributed by atoms with Gasteiger partial charge in [0, 0.05) is 19.7 Å². The van der Waals surface area contributed by atoms with E-state index in [4.69, 9.17) is 4.74 Å². The highest BCUT2D eigenvalue weighted by molar-refractivity contribution is 7.89. The van der Waals surface area contributed by atoms with E-state index in [9.17, 15) is 33.2 Å². The Kier molecular flexibility index (Phi) is 7.47. The minimum Gasteiger partial charge on any atom is -0.480 e. The fraction of sp³-hybridized carbons (Fsp3) is 0.500. The lowest BCUT2D eigenvalue weighted by atomic mass is 10.2. The van der Waals surface area contributed by atoms with E-state index >= 15 is 0 Å². The lowest BCUT2D eigenvalue weighted by Gasteiger charge is -2.24. The minimum atomic E-state index is -4.47. The van der Waals surface area contributed by atoms with Crippen LogP contribution in [0.25, 0.3) is 0 Å². The molecule has 12 heteroatoms. The Labute approximate surface area is 162 Å². The first kappa shape index (κ1) is 23.3. The van der Waals surface area contributed by atoms with Crippen LogP contribution < -0.4 is 5.32 Å². The van der Waals surface area contributed by atoms with Crippen LogP contribution in [0.5, 0.6) is 0 Å². The molecule has 1 unspecified atom stereocenters. The van der Waals surface area contributed by atoms with Gasteiger partial charge in [0.15, 0.2) is 4.90 Å². The van der Waals surface area contributed by atoms with E-state index in [1.165, 1.54) is 12.1 Å². The fourth-order valence-corrected chi connectivity index (χ4v) is 3.73. The van der Waals surface area contributed by atoms with E-state index in [2.05, 4.69) is 5.32 Å². The number of amides is 1. The monoisotopic (exact) mass is 417 g/mol. The van der Waals surface area contributed by atoms with Gasteiger partial charge in [-0.1, -0.05) is 12.1 Å². The van der Waals surface area contributed by atoms with Gasteiger partial charge in [-0.3, -0.25) is 14.9 Å². The molecule has 0 heterocycles. The molecule has 1 atom stereocenters. The van der Waals surface area contributed by atoms with E-state index in [0.29, 0.717) is 4.31 Å². The number of ether oxygens (including phenoxy) is 1. The average molecular weight is 417 g/mol. The molecule has 2 N–H and O–H groups in total. The number of hydrogen-bond donors (Lipinski definition) is 2. The van der Waals surface area contributed by atoms with Crippen molar-refractivity contribution in [2.45, 2.75) is 43.7 Å². The first-order chi connectivity index (χ1) is 12.8. The molecule has 0 aliphatic rings. The number of sulfonamides is 1. The van der Waals surface area contributed by atoms with Crippen molar-refractivity contribution in [1.82, 2.24) is 9.62 Å². The number of nitrogens with zero attached hydrogens (tertiary/aromatic N) is 2. The van der Waals surface area contributed by atoms with Crippen molar-refractivity contribution in [3.05, 3.63) is 34.4 Å². The van der Waals surface area contributed by atoms with E-state index in [0.717, 1.165) is 19.2 Å².